The summed E-state index contributed by atoms with van der Waals surface area (Å²) < 4.78 is 0. The number of anilines is 1. The smallest absolute Gasteiger partial charge is 0.232 e. The number of aromatic nitrogens is 1. The van der Waals surface area contributed by atoms with E-state index in [2.05, 4.69) is 10.3 Å². The van der Waals surface area contributed by atoms with Crippen molar-refractivity contribution in [3.05, 3.63) is 60.3 Å². The molecule has 0 spiro atoms. The minimum atomic E-state index is -0.182. The third-order valence-electron chi connectivity index (χ3n) is 2.61. The van der Waals surface area contributed by atoms with E-state index in [1.54, 1.807) is 12.3 Å². The van der Waals surface area contributed by atoms with Gasteiger partial charge in [-0.2, -0.15) is 0 Å². The van der Waals surface area contributed by atoms with Crippen LogP contribution in [0, 0.1) is 0 Å². The molecule has 0 bridgehead atoms. The molecule has 0 saturated heterocycles. The number of amides is 1. The Balaban J connectivity index is 2.06. The minimum Gasteiger partial charge on any atom is -0.310 e. The van der Waals surface area contributed by atoms with Crippen LogP contribution in [0.3, 0.4) is 0 Å². The van der Waals surface area contributed by atoms with Crippen molar-refractivity contribution in [1.82, 2.24) is 4.98 Å². The predicted molar refractivity (Wildman–Crippen MR) is 67.7 cm³/mol. The molecule has 0 aliphatic rings. The van der Waals surface area contributed by atoms with Crippen LogP contribution in [0.15, 0.2) is 54.7 Å². The summed E-state index contributed by atoms with van der Waals surface area (Å²) in [4.78, 5) is 16.0. The van der Waals surface area contributed by atoms with Gasteiger partial charge >= 0.3 is 0 Å². The monoisotopic (exact) mass is 226 g/mol. The molecule has 17 heavy (non-hydrogen) atoms. The molecule has 3 nitrogen and oxygen atoms in total. The van der Waals surface area contributed by atoms with Crippen LogP contribution in [0.25, 0.3) is 0 Å². The molecule has 1 aromatic carbocycles. The molecule has 2 aromatic rings. The second kappa shape index (κ2) is 5.25. The maximum absolute atomic E-state index is 12.0. The fourth-order valence-electron chi connectivity index (χ4n) is 1.56. The zero-order valence-corrected chi connectivity index (χ0v) is 9.63. The second-order valence-corrected chi connectivity index (χ2v) is 3.84. The van der Waals surface area contributed by atoms with E-state index in [4.69, 9.17) is 0 Å². The van der Waals surface area contributed by atoms with E-state index < -0.39 is 0 Å². The number of nitrogens with one attached hydrogen (secondary N) is 1. The number of hydrogen-bond donors (Lipinski definition) is 1. The van der Waals surface area contributed by atoms with Crippen molar-refractivity contribution < 1.29 is 4.79 Å². The lowest BCUT2D eigenvalue weighted by atomic mass is 10.0. The Morgan fingerprint density at radius 1 is 1.12 bits per heavy atom. The Hall–Kier alpha value is -2.16. The number of carbonyl (C=O) groups is 1. The van der Waals surface area contributed by atoms with E-state index in [1.807, 2.05) is 49.4 Å². The highest BCUT2D eigenvalue weighted by atomic mass is 16.1. The van der Waals surface area contributed by atoms with Gasteiger partial charge in [-0.05, 0) is 24.6 Å². The molecule has 86 valence electrons. The maximum atomic E-state index is 12.0. The molecule has 1 amide bonds. The molecule has 0 aliphatic heterocycles. The first kappa shape index (κ1) is 11.3. The molecule has 3 heteroatoms. The average Bonchev–Trinajstić information content (AvgIpc) is 2.40. The van der Waals surface area contributed by atoms with Crippen LogP contribution in [-0.2, 0) is 4.79 Å². The van der Waals surface area contributed by atoms with Gasteiger partial charge in [-0.25, -0.2) is 4.98 Å². The number of rotatable bonds is 3. The second-order valence-electron chi connectivity index (χ2n) is 3.84. The van der Waals surface area contributed by atoms with Crippen molar-refractivity contribution in [1.29, 1.82) is 0 Å². The van der Waals surface area contributed by atoms with Crippen LogP contribution in [0.4, 0.5) is 5.82 Å². The summed E-state index contributed by atoms with van der Waals surface area (Å²) in [7, 11) is 0. The van der Waals surface area contributed by atoms with Gasteiger partial charge in [-0.3, -0.25) is 4.79 Å². The lowest BCUT2D eigenvalue weighted by molar-refractivity contribution is -0.117. The number of carbonyl (C=O) groups excluding carboxylic acids is 1. The summed E-state index contributed by atoms with van der Waals surface area (Å²) in [5.41, 5.74) is 1.00. The van der Waals surface area contributed by atoms with E-state index in [0.29, 0.717) is 5.82 Å². The number of hydrogen-bond acceptors (Lipinski definition) is 2. The molecule has 2 rings (SSSR count). The van der Waals surface area contributed by atoms with Gasteiger partial charge in [-0.1, -0.05) is 36.4 Å². The summed E-state index contributed by atoms with van der Waals surface area (Å²) in [5.74, 6) is 0.355. The Bertz CT molecular complexity index is 482. The summed E-state index contributed by atoms with van der Waals surface area (Å²) in [6.07, 6.45) is 1.66. The van der Waals surface area contributed by atoms with Gasteiger partial charge in [0.15, 0.2) is 0 Å². The van der Waals surface area contributed by atoms with Crippen molar-refractivity contribution in [3.8, 4) is 0 Å². The minimum absolute atomic E-state index is 0.0464. The third-order valence-corrected chi connectivity index (χ3v) is 2.61. The first-order valence-corrected chi connectivity index (χ1v) is 5.54. The highest BCUT2D eigenvalue weighted by Gasteiger charge is 2.14. The molecule has 0 radical (unpaired) electrons. The van der Waals surface area contributed by atoms with E-state index in [0.717, 1.165) is 5.56 Å². The maximum Gasteiger partial charge on any atom is 0.232 e. The van der Waals surface area contributed by atoms with Crippen molar-refractivity contribution in [3.63, 3.8) is 0 Å². The fourth-order valence-corrected chi connectivity index (χ4v) is 1.56. The highest BCUT2D eigenvalue weighted by Crippen LogP contribution is 2.16. The SMILES string of the molecule is C[C@@H](C(=O)Nc1ccccn1)c1ccccc1. The zero-order chi connectivity index (χ0) is 12.1. The molecule has 0 fully saturated rings. The van der Waals surface area contributed by atoms with Crippen molar-refractivity contribution in [2.75, 3.05) is 5.32 Å². The third kappa shape index (κ3) is 2.91. The van der Waals surface area contributed by atoms with Crippen molar-refractivity contribution in [2.24, 2.45) is 0 Å². The van der Waals surface area contributed by atoms with Gasteiger partial charge in [0.2, 0.25) is 5.91 Å². The molecule has 1 aromatic heterocycles. The summed E-state index contributed by atoms with van der Waals surface area (Å²) in [6, 6.07) is 15.1. The van der Waals surface area contributed by atoms with Gasteiger partial charge in [-0.15, -0.1) is 0 Å². The Kier molecular flexibility index (Phi) is 3.50. The first-order chi connectivity index (χ1) is 8.27. The predicted octanol–water partition coefficient (Wildman–Crippen LogP) is 2.82. The fraction of sp³-hybridized carbons (Fsp3) is 0.143. The quantitative estimate of drug-likeness (QED) is 0.874. The van der Waals surface area contributed by atoms with E-state index >= 15 is 0 Å². The van der Waals surface area contributed by atoms with Crippen LogP contribution < -0.4 is 5.32 Å². The van der Waals surface area contributed by atoms with E-state index in [-0.39, 0.29) is 11.8 Å². The largest absolute Gasteiger partial charge is 0.310 e. The lowest BCUT2D eigenvalue weighted by Gasteiger charge is -2.11. The van der Waals surface area contributed by atoms with E-state index in [1.165, 1.54) is 0 Å². The van der Waals surface area contributed by atoms with Crippen LogP contribution in [0.2, 0.25) is 0 Å². The molecular formula is C14H14N2O. The highest BCUT2D eigenvalue weighted by molar-refractivity contribution is 5.94. The summed E-state index contributed by atoms with van der Waals surface area (Å²) >= 11 is 0. The summed E-state index contributed by atoms with van der Waals surface area (Å²) in [5, 5.41) is 2.79. The molecule has 1 heterocycles. The number of nitrogens with zero attached hydrogens (tertiary/aromatic N) is 1. The van der Waals surface area contributed by atoms with Crippen LogP contribution in [-0.4, -0.2) is 10.9 Å². The Morgan fingerprint density at radius 2 is 1.82 bits per heavy atom. The van der Waals surface area contributed by atoms with Crippen LogP contribution >= 0.6 is 0 Å². The first-order valence-electron chi connectivity index (χ1n) is 5.54. The lowest BCUT2D eigenvalue weighted by Crippen LogP contribution is -2.19. The molecule has 1 atom stereocenters. The molecule has 1 N–H and O–H groups in total. The molecular weight excluding hydrogens is 212 g/mol. The van der Waals surface area contributed by atoms with Gasteiger partial charge in [0, 0.05) is 6.20 Å². The van der Waals surface area contributed by atoms with Crippen LogP contribution in [0.1, 0.15) is 18.4 Å². The zero-order valence-electron chi connectivity index (χ0n) is 9.63. The van der Waals surface area contributed by atoms with Crippen molar-refractivity contribution >= 4 is 11.7 Å². The number of benzene rings is 1. The average molecular weight is 226 g/mol. The van der Waals surface area contributed by atoms with Crippen LogP contribution in [0.5, 0.6) is 0 Å². The van der Waals surface area contributed by atoms with Crippen molar-refractivity contribution in [2.45, 2.75) is 12.8 Å². The topological polar surface area (TPSA) is 42.0 Å². The van der Waals surface area contributed by atoms with Gasteiger partial charge in [0.25, 0.3) is 0 Å². The summed E-state index contributed by atoms with van der Waals surface area (Å²) in [6.45, 7) is 1.88. The van der Waals surface area contributed by atoms with Gasteiger partial charge in [0.1, 0.15) is 5.82 Å². The molecule has 0 aliphatic carbocycles. The normalized spacial score (nSPS) is 11.8. The van der Waals surface area contributed by atoms with Gasteiger partial charge < -0.3 is 5.32 Å². The standard InChI is InChI=1S/C14H14N2O/c1-11(12-7-3-2-4-8-12)14(17)16-13-9-5-6-10-15-13/h2-11H,1H3,(H,15,16,17)/t11-/m1/s1. The van der Waals surface area contributed by atoms with E-state index in [9.17, 15) is 4.79 Å². The number of pyridine rings is 1. The Morgan fingerprint density at radius 3 is 2.47 bits per heavy atom. The molecule has 0 saturated carbocycles. The Labute approximate surface area is 101 Å². The molecule has 0 unspecified atom stereocenters. The van der Waals surface area contributed by atoms with Gasteiger partial charge in [0.05, 0.1) is 5.92 Å².